The van der Waals surface area contributed by atoms with Gasteiger partial charge in [0, 0.05) is 10.7 Å². The third-order valence-corrected chi connectivity index (χ3v) is 3.63. The van der Waals surface area contributed by atoms with E-state index in [2.05, 4.69) is 5.32 Å². The summed E-state index contributed by atoms with van der Waals surface area (Å²) in [5.74, 6) is -0.523. The van der Waals surface area contributed by atoms with E-state index in [4.69, 9.17) is 21.1 Å². The van der Waals surface area contributed by atoms with Crippen molar-refractivity contribution in [3.63, 3.8) is 0 Å². The van der Waals surface area contributed by atoms with Crippen LogP contribution >= 0.6 is 11.6 Å². The average molecular weight is 348 g/mol. The van der Waals surface area contributed by atoms with E-state index in [1.807, 2.05) is 13.0 Å². The molecule has 0 aromatic heterocycles. The predicted molar refractivity (Wildman–Crippen MR) is 92.3 cm³/mol. The van der Waals surface area contributed by atoms with Crippen molar-refractivity contribution in [2.45, 2.75) is 20.0 Å². The fourth-order valence-electron chi connectivity index (χ4n) is 1.90. The average Bonchev–Trinajstić information content (AvgIpc) is 2.56. The molecule has 2 rings (SSSR count). The van der Waals surface area contributed by atoms with Crippen LogP contribution in [0.25, 0.3) is 0 Å². The number of anilines is 1. The molecule has 24 heavy (non-hydrogen) atoms. The highest BCUT2D eigenvalue weighted by molar-refractivity contribution is 6.31. The molecule has 0 aliphatic heterocycles. The van der Waals surface area contributed by atoms with Crippen LogP contribution in [0.15, 0.2) is 48.5 Å². The molecule has 0 aliphatic carbocycles. The summed E-state index contributed by atoms with van der Waals surface area (Å²) in [5.41, 5.74) is 1.48. The van der Waals surface area contributed by atoms with Crippen molar-refractivity contribution < 1.29 is 19.1 Å². The number of hydrogen-bond acceptors (Lipinski definition) is 4. The zero-order chi connectivity index (χ0) is 17.5. The van der Waals surface area contributed by atoms with Gasteiger partial charge in [0.05, 0.1) is 0 Å². The van der Waals surface area contributed by atoms with E-state index >= 15 is 0 Å². The molecule has 5 nitrogen and oxygen atoms in total. The van der Waals surface area contributed by atoms with Crippen molar-refractivity contribution in [2.24, 2.45) is 0 Å². The lowest BCUT2D eigenvalue weighted by molar-refractivity contribution is -0.155. The van der Waals surface area contributed by atoms with Crippen LogP contribution < -0.4 is 10.1 Å². The number of para-hydroxylation sites is 1. The first-order valence-corrected chi connectivity index (χ1v) is 7.78. The number of benzene rings is 2. The van der Waals surface area contributed by atoms with E-state index in [0.717, 1.165) is 5.56 Å². The third kappa shape index (κ3) is 5.28. The molecule has 0 unspecified atom stereocenters. The lowest BCUT2D eigenvalue weighted by atomic mass is 10.2. The lowest BCUT2D eigenvalue weighted by Gasteiger charge is -2.14. The number of rotatable bonds is 6. The van der Waals surface area contributed by atoms with Crippen LogP contribution in [-0.2, 0) is 14.3 Å². The molecule has 0 saturated carbocycles. The zero-order valence-electron chi connectivity index (χ0n) is 13.4. The first kappa shape index (κ1) is 17.8. The summed E-state index contributed by atoms with van der Waals surface area (Å²) in [6.07, 6.45) is -0.923. The number of amides is 1. The number of carbonyl (C=O) groups excluding carboxylic acids is 2. The van der Waals surface area contributed by atoms with Gasteiger partial charge in [0.25, 0.3) is 5.91 Å². The van der Waals surface area contributed by atoms with Crippen LogP contribution in [0.2, 0.25) is 5.02 Å². The van der Waals surface area contributed by atoms with Gasteiger partial charge in [-0.2, -0.15) is 0 Å². The van der Waals surface area contributed by atoms with Crippen LogP contribution in [0.4, 0.5) is 5.69 Å². The quantitative estimate of drug-likeness (QED) is 0.811. The number of ether oxygens (including phenoxy) is 2. The fraction of sp³-hybridized carbons (Fsp3) is 0.222. The first-order chi connectivity index (χ1) is 11.5. The summed E-state index contributed by atoms with van der Waals surface area (Å²) in [6.45, 7) is 3.05. The molecular weight excluding hydrogens is 330 g/mol. The number of nitrogens with one attached hydrogen (secondary N) is 1. The molecule has 0 aliphatic rings. The maximum Gasteiger partial charge on any atom is 0.344 e. The van der Waals surface area contributed by atoms with Crippen molar-refractivity contribution >= 4 is 29.2 Å². The van der Waals surface area contributed by atoms with E-state index in [1.54, 1.807) is 42.5 Å². The van der Waals surface area contributed by atoms with Gasteiger partial charge in [0.2, 0.25) is 0 Å². The molecule has 1 N–H and O–H groups in total. The molecule has 2 aromatic carbocycles. The first-order valence-electron chi connectivity index (χ1n) is 7.40. The standard InChI is InChI=1S/C18H18ClNO4/c1-12-10-15(8-9-16(12)19)23-11-17(21)24-13(2)18(22)20-14-6-4-3-5-7-14/h3-10,13H,11H2,1-2H3,(H,20,22)/t13-/m1/s1. The molecule has 6 heteroatoms. The summed E-state index contributed by atoms with van der Waals surface area (Å²) in [4.78, 5) is 23.7. The number of carbonyl (C=O) groups is 2. The molecule has 0 fully saturated rings. The van der Waals surface area contributed by atoms with Crippen LogP contribution in [-0.4, -0.2) is 24.6 Å². The maximum atomic E-state index is 12.0. The Labute approximate surface area is 145 Å². The number of aryl methyl sites for hydroxylation is 1. The van der Waals surface area contributed by atoms with Gasteiger partial charge in [-0.15, -0.1) is 0 Å². The highest BCUT2D eigenvalue weighted by Crippen LogP contribution is 2.21. The smallest absolute Gasteiger partial charge is 0.344 e. The van der Waals surface area contributed by atoms with Gasteiger partial charge in [-0.1, -0.05) is 29.8 Å². The van der Waals surface area contributed by atoms with Gasteiger partial charge in [-0.25, -0.2) is 4.79 Å². The Kier molecular flexibility index (Phi) is 6.21. The fourth-order valence-corrected chi connectivity index (χ4v) is 2.02. The number of halogens is 1. The highest BCUT2D eigenvalue weighted by Gasteiger charge is 2.18. The third-order valence-electron chi connectivity index (χ3n) is 3.20. The van der Waals surface area contributed by atoms with Gasteiger partial charge in [-0.05, 0) is 49.7 Å². The van der Waals surface area contributed by atoms with Gasteiger partial charge >= 0.3 is 5.97 Å². The second-order valence-corrected chi connectivity index (χ2v) is 5.59. The van der Waals surface area contributed by atoms with E-state index in [-0.39, 0.29) is 6.61 Å². The monoisotopic (exact) mass is 347 g/mol. The highest BCUT2D eigenvalue weighted by atomic mass is 35.5. The minimum atomic E-state index is -0.923. The van der Waals surface area contributed by atoms with Crippen LogP contribution in [0.3, 0.4) is 0 Å². The van der Waals surface area contributed by atoms with Crippen LogP contribution in [0.1, 0.15) is 12.5 Å². The SMILES string of the molecule is Cc1cc(OCC(=O)O[C@H](C)C(=O)Nc2ccccc2)ccc1Cl. The Morgan fingerprint density at radius 2 is 1.88 bits per heavy atom. The molecular formula is C18H18ClNO4. The molecule has 0 bridgehead atoms. The Hall–Kier alpha value is -2.53. The van der Waals surface area contributed by atoms with E-state index in [9.17, 15) is 9.59 Å². The Morgan fingerprint density at radius 3 is 2.54 bits per heavy atom. The van der Waals surface area contributed by atoms with Crippen LogP contribution in [0, 0.1) is 6.92 Å². The molecule has 1 atom stereocenters. The summed E-state index contributed by atoms with van der Waals surface area (Å²) in [5, 5.41) is 3.28. The summed E-state index contributed by atoms with van der Waals surface area (Å²) in [6, 6.07) is 14.0. The molecule has 0 saturated heterocycles. The second-order valence-electron chi connectivity index (χ2n) is 5.19. The van der Waals surface area contributed by atoms with Gasteiger partial charge in [0.1, 0.15) is 5.75 Å². The largest absolute Gasteiger partial charge is 0.482 e. The van der Waals surface area contributed by atoms with Crippen molar-refractivity contribution in [3.05, 3.63) is 59.1 Å². The maximum absolute atomic E-state index is 12.0. The predicted octanol–water partition coefficient (Wildman–Crippen LogP) is 3.60. The molecule has 1 amide bonds. The van der Waals surface area contributed by atoms with E-state index < -0.39 is 18.0 Å². The number of esters is 1. The Balaban J connectivity index is 1.80. The van der Waals surface area contributed by atoms with Gasteiger partial charge in [-0.3, -0.25) is 4.79 Å². The normalized spacial score (nSPS) is 11.5. The molecule has 0 heterocycles. The van der Waals surface area contributed by atoms with E-state index in [1.165, 1.54) is 6.92 Å². The molecule has 126 valence electrons. The Bertz CT molecular complexity index is 718. The molecule has 0 spiro atoms. The van der Waals surface area contributed by atoms with Crippen molar-refractivity contribution in [2.75, 3.05) is 11.9 Å². The molecule has 0 radical (unpaired) electrons. The minimum Gasteiger partial charge on any atom is -0.482 e. The Morgan fingerprint density at radius 1 is 1.17 bits per heavy atom. The van der Waals surface area contributed by atoms with Crippen molar-refractivity contribution in [3.8, 4) is 5.75 Å². The minimum absolute atomic E-state index is 0.288. The number of hydrogen-bond donors (Lipinski definition) is 1. The van der Waals surface area contributed by atoms with Gasteiger partial charge < -0.3 is 14.8 Å². The lowest BCUT2D eigenvalue weighted by Crippen LogP contribution is -2.31. The van der Waals surface area contributed by atoms with Gasteiger partial charge in [0.15, 0.2) is 12.7 Å². The van der Waals surface area contributed by atoms with Crippen LogP contribution in [0.5, 0.6) is 5.75 Å². The van der Waals surface area contributed by atoms with E-state index in [0.29, 0.717) is 16.5 Å². The topological polar surface area (TPSA) is 64.6 Å². The second kappa shape index (κ2) is 8.36. The zero-order valence-corrected chi connectivity index (χ0v) is 14.2. The van der Waals surface area contributed by atoms with Crippen molar-refractivity contribution in [1.29, 1.82) is 0 Å². The van der Waals surface area contributed by atoms with Crippen molar-refractivity contribution in [1.82, 2.24) is 0 Å². The molecule has 2 aromatic rings. The summed E-state index contributed by atoms with van der Waals surface area (Å²) >= 11 is 5.92. The summed E-state index contributed by atoms with van der Waals surface area (Å²) < 4.78 is 10.4. The summed E-state index contributed by atoms with van der Waals surface area (Å²) in [7, 11) is 0.